The molecule has 0 aromatic carbocycles. The zero-order chi connectivity index (χ0) is 38.7. The minimum Gasteiger partial charge on any atom is -0.466 e. The van der Waals surface area contributed by atoms with Crippen LogP contribution in [0.15, 0.2) is 36.5 Å². The lowest BCUT2D eigenvalue weighted by molar-refractivity contribution is -0.143. The standard InChI is InChI=1S/C47H87NO5/c1-3-5-7-9-11-13-20-25-29-33-37-41-47(52)53-42-38-34-30-26-22-19-17-15-16-18-21-24-28-32-36-40-46(51)48-44(43-49)45(50)39-35-31-27-23-14-12-10-8-6-4-2/h9,11,15,17,19,22,44-45,49-50H,3-8,10,12-14,16,18,20-21,23-43H2,1-2H3,(H,48,51)/b11-9-,17-15-,22-19-. The van der Waals surface area contributed by atoms with E-state index < -0.39 is 12.1 Å². The van der Waals surface area contributed by atoms with Gasteiger partial charge in [-0.15, -0.1) is 0 Å². The average Bonchev–Trinajstić information content (AvgIpc) is 3.16. The maximum atomic E-state index is 12.4. The van der Waals surface area contributed by atoms with Crippen molar-refractivity contribution < 1.29 is 24.5 Å². The summed E-state index contributed by atoms with van der Waals surface area (Å²) < 4.78 is 5.40. The van der Waals surface area contributed by atoms with Gasteiger partial charge in [0.2, 0.25) is 5.91 Å². The van der Waals surface area contributed by atoms with Crippen molar-refractivity contribution >= 4 is 11.9 Å². The lowest BCUT2D eigenvalue weighted by Gasteiger charge is -2.22. The Bertz CT molecular complexity index is 869. The summed E-state index contributed by atoms with van der Waals surface area (Å²) >= 11 is 0. The summed E-state index contributed by atoms with van der Waals surface area (Å²) in [5, 5.41) is 23.0. The molecular weight excluding hydrogens is 659 g/mol. The predicted octanol–water partition coefficient (Wildman–Crippen LogP) is 12.9. The largest absolute Gasteiger partial charge is 0.466 e. The number of unbranched alkanes of at least 4 members (excludes halogenated alkanes) is 25. The van der Waals surface area contributed by atoms with E-state index in [0.717, 1.165) is 77.0 Å². The summed E-state index contributed by atoms with van der Waals surface area (Å²) in [5.74, 6) is -0.0953. The number of carbonyl (C=O) groups excluding carboxylic acids is 2. The third kappa shape index (κ3) is 39.6. The second kappa shape index (κ2) is 42.8. The molecule has 0 aliphatic heterocycles. The van der Waals surface area contributed by atoms with Crippen molar-refractivity contribution in [3.63, 3.8) is 0 Å². The summed E-state index contributed by atoms with van der Waals surface area (Å²) in [7, 11) is 0. The van der Waals surface area contributed by atoms with Crippen molar-refractivity contribution in [3.05, 3.63) is 36.5 Å². The van der Waals surface area contributed by atoms with E-state index in [1.165, 1.54) is 116 Å². The molecule has 0 bridgehead atoms. The van der Waals surface area contributed by atoms with Crippen LogP contribution in [-0.2, 0) is 14.3 Å². The van der Waals surface area contributed by atoms with Crippen LogP contribution in [0.3, 0.4) is 0 Å². The molecule has 6 nitrogen and oxygen atoms in total. The van der Waals surface area contributed by atoms with Crippen LogP contribution in [0, 0.1) is 0 Å². The number of ether oxygens (including phenoxy) is 1. The molecule has 0 radical (unpaired) electrons. The minimum absolute atomic E-state index is 0.0340. The maximum Gasteiger partial charge on any atom is 0.305 e. The van der Waals surface area contributed by atoms with Gasteiger partial charge in [-0.25, -0.2) is 0 Å². The normalized spacial score (nSPS) is 13.1. The van der Waals surface area contributed by atoms with E-state index in [1.54, 1.807) is 0 Å². The Labute approximate surface area is 328 Å². The van der Waals surface area contributed by atoms with Gasteiger partial charge < -0.3 is 20.3 Å². The van der Waals surface area contributed by atoms with Gasteiger partial charge in [0.05, 0.1) is 25.4 Å². The summed E-state index contributed by atoms with van der Waals surface area (Å²) in [4.78, 5) is 24.3. The molecule has 0 rings (SSSR count). The molecule has 3 N–H and O–H groups in total. The van der Waals surface area contributed by atoms with E-state index in [-0.39, 0.29) is 18.5 Å². The predicted molar refractivity (Wildman–Crippen MR) is 227 cm³/mol. The Kier molecular flexibility index (Phi) is 41.3. The van der Waals surface area contributed by atoms with Crippen LogP contribution in [0.4, 0.5) is 0 Å². The summed E-state index contributed by atoms with van der Waals surface area (Å²) in [6, 6.07) is -0.556. The van der Waals surface area contributed by atoms with Crippen molar-refractivity contribution in [2.75, 3.05) is 13.2 Å². The molecule has 0 aliphatic rings. The molecule has 0 spiro atoms. The fourth-order valence-electron chi connectivity index (χ4n) is 6.61. The fraction of sp³-hybridized carbons (Fsp3) is 0.830. The first-order valence-electron chi connectivity index (χ1n) is 22.8. The second-order valence-corrected chi connectivity index (χ2v) is 15.4. The Morgan fingerprint density at radius 3 is 1.51 bits per heavy atom. The first kappa shape index (κ1) is 51.1. The van der Waals surface area contributed by atoms with Crippen LogP contribution in [0.2, 0.25) is 0 Å². The molecule has 0 aromatic rings. The van der Waals surface area contributed by atoms with E-state index in [1.807, 2.05) is 0 Å². The van der Waals surface area contributed by atoms with Gasteiger partial charge in [-0.3, -0.25) is 9.59 Å². The van der Waals surface area contributed by atoms with Crippen LogP contribution >= 0.6 is 0 Å². The van der Waals surface area contributed by atoms with Gasteiger partial charge >= 0.3 is 5.97 Å². The van der Waals surface area contributed by atoms with Gasteiger partial charge in [0.25, 0.3) is 0 Å². The Morgan fingerprint density at radius 1 is 0.528 bits per heavy atom. The highest BCUT2D eigenvalue weighted by atomic mass is 16.5. The number of aliphatic hydroxyl groups is 2. The number of carbonyl (C=O) groups is 2. The highest BCUT2D eigenvalue weighted by Gasteiger charge is 2.20. The highest BCUT2D eigenvalue weighted by Crippen LogP contribution is 2.14. The van der Waals surface area contributed by atoms with Crippen molar-refractivity contribution in [1.29, 1.82) is 0 Å². The summed E-state index contributed by atoms with van der Waals surface area (Å²) in [6.45, 7) is 4.82. The summed E-state index contributed by atoms with van der Waals surface area (Å²) in [6.07, 6.45) is 49.6. The molecule has 0 saturated heterocycles. The van der Waals surface area contributed by atoms with E-state index >= 15 is 0 Å². The van der Waals surface area contributed by atoms with E-state index in [4.69, 9.17) is 4.74 Å². The molecule has 53 heavy (non-hydrogen) atoms. The number of rotatable bonds is 41. The van der Waals surface area contributed by atoms with Gasteiger partial charge in [0.1, 0.15) is 0 Å². The molecule has 0 fully saturated rings. The maximum absolute atomic E-state index is 12.4. The molecule has 310 valence electrons. The van der Waals surface area contributed by atoms with Gasteiger partial charge in [0, 0.05) is 12.8 Å². The fourth-order valence-corrected chi connectivity index (χ4v) is 6.61. The third-order valence-electron chi connectivity index (χ3n) is 10.2. The second-order valence-electron chi connectivity index (χ2n) is 15.4. The van der Waals surface area contributed by atoms with Crippen molar-refractivity contribution in [2.45, 2.75) is 238 Å². The Hall–Kier alpha value is -1.92. The zero-order valence-electron chi connectivity index (χ0n) is 35.0. The molecular formula is C47H87NO5. The monoisotopic (exact) mass is 746 g/mol. The first-order chi connectivity index (χ1) is 26.0. The molecule has 0 aromatic heterocycles. The Balaban J connectivity index is 3.55. The number of hydrogen-bond donors (Lipinski definition) is 3. The van der Waals surface area contributed by atoms with Gasteiger partial charge in [0.15, 0.2) is 0 Å². The molecule has 6 heteroatoms. The van der Waals surface area contributed by atoms with E-state index in [2.05, 4.69) is 55.6 Å². The smallest absolute Gasteiger partial charge is 0.305 e. The molecule has 1 amide bonds. The average molecular weight is 746 g/mol. The van der Waals surface area contributed by atoms with Crippen LogP contribution < -0.4 is 5.32 Å². The van der Waals surface area contributed by atoms with E-state index in [9.17, 15) is 19.8 Å². The first-order valence-corrected chi connectivity index (χ1v) is 22.8. The molecule has 0 heterocycles. The number of esters is 1. The van der Waals surface area contributed by atoms with Gasteiger partial charge in [-0.05, 0) is 77.0 Å². The quantitative estimate of drug-likeness (QED) is 0.0251. The van der Waals surface area contributed by atoms with E-state index in [0.29, 0.717) is 25.9 Å². The number of allylic oxidation sites excluding steroid dienone is 6. The minimum atomic E-state index is -0.676. The number of nitrogens with one attached hydrogen (secondary N) is 1. The van der Waals surface area contributed by atoms with Crippen molar-refractivity contribution in [3.8, 4) is 0 Å². The highest BCUT2D eigenvalue weighted by molar-refractivity contribution is 5.76. The van der Waals surface area contributed by atoms with Crippen molar-refractivity contribution in [1.82, 2.24) is 5.32 Å². The van der Waals surface area contributed by atoms with Crippen LogP contribution in [0.1, 0.15) is 226 Å². The SMILES string of the molecule is CCCC/C=C\CCCCCCCC(=O)OCCCCC/C=C\C=C/CCCCCCCCC(=O)NC(CO)C(O)CCCCCCCCCCCC. The third-order valence-corrected chi connectivity index (χ3v) is 10.2. The van der Waals surface area contributed by atoms with Gasteiger partial charge in [-0.2, -0.15) is 0 Å². The lowest BCUT2D eigenvalue weighted by atomic mass is 10.0. The molecule has 2 unspecified atom stereocenters. The topological polar surface area (TPSA) is 95.9 Å². The number of amides is 1. The molecule has 0 aliphatic carbocycles. The summed E-state index contributed by atoms with van der Waals surface area (Å²) in [5.41, 5.74) is 0. The van der Waals surface area contributed by atoms with Gasteiger partial charge in [-0.1, -0.05) is 172 Å². The zero-order valence-corrected chi connectivity index (χ0v) is 35.0. The van der Waals surface area contributed by atoms with Crippen LogP contribution in [0.5, 0.6) is 0 Å². The number of hydrogen-bond acceptors (Lipinski definition) is 5. The number of aliphatic hydroxyl groups excluding tert-OH is 2. The molecule has 2 atom stereocenters. The van der Waals surface area contributed by atoms with Crippen LogP contribution in [-0.4, -0.2) is 47.4 Å². The lowest BCUT2D eigenvalue weighted by Crippen LogP contribution is -2.45. The van der Waals surface area contributed by atoms with Crippen LogP contribution in [0.25, 0.3) is 0 Å². The molecule has 0 saturated carbocycles. The van der Waals surface area contributed by atoms with Crippen molar-refractivity contribution in [2.24, 2.45) is 0 Å². The Morgan fingerprint density at radius 2 is 0.962 bits per heavy atom.